The van der Waals surface area contributed by atoms with Crippen LogP contribution in [0.4, 0.5) is 0 Å². The second kappa shape index (κ2) is 16.0. The summed E-state index contributed by atoms with van der Waals surface area (Å²) in [6.45, 7) is 3.87. The second-order valence-electron chi connectivity index (χ2n) is 13.7. The van der Waals surface area contributed by atoms with Crippen molar-refractivity contribution in [1.29, 1.82) is 0 Å². The van der Waals surface area contributed by atoms with Crippen LogP contribution in [0.5, 0.6) is 0 Å². The molecular weight excluding hydrogens is 588 g/mol. The van der Waals surface area contributed by atoms with Gasteiger partial charge in [0.1, 0.15) is 12.1 Å². The van der Waals surface area contributed by atoms with Crippen LogP contribution in [0.1, 0.15) is 50.7 Å². The number of aliphatic hydroxyl groups is 1. The summed E-state index contributed by atoms with van der Waals surface area (Å²) in [4.78, 5) is 44.6. The molecule has 8 heteroatoms. The lowest BCUT2D eigenvalue weighted by Crippen LogP contribution is -2.56. The number of amides is 3. The van der Waals surface area contributed by atoms with Crippen LogP contribution in [0.2, 0.25) is 0 Å². The van der Waals surface area contributed by atoms with Gasteiger partial charge in [0.2, 0.25) is 17.7 Å². The molecule has 2 atom stereocenters. The Hall–Kier alpha value is -4.27. The van der Waals surface area contributed by atoms with E-state index >= 15 is 0 Å². The SMILES string of the molecule is CN(C(=O)C=CCC1(N)CCC1)[C@H](Cc1ccc(-c2ccccc2)cc1)C(=O)N(C)[C@H](Cc1ccccc1)C(=O)NCC(C)(C)CO. The second-order valence-corrected chi connectivity index (χ2v) is 13.7. The normalized spacial score (nSPS) is 15.4. The molecule has 47 heavy (non-hydrogen) atoms. The third-order valence-corrected chi connectivity index (χ3v) is 9.28. The predicted octanol–water partition coefficient (Wildman–Crippen LogP) is 4.76. The van der Waals surface area contributed by atoms with Gasteiger partial charge in [0.05, 0.1) is 0 Å². The Morgan fingerprint density at radius 3 is 1.98 bits per heavy atom. The first-order chi connectivity index (χ1) is 22.4. The molecule has 3 aromatic carbocycles. The highest BCUT2D eigenvalue weighted by atomic mass is 16.3. The van der Waals surface area contributed by atoms with Gasteiger partial charge in [-0.15, -0.1) is 0 Å². The molecule has 250 valence electrons. The van der Waals surface area contributed by atoms with Gasteiger partial charge < -0.3 is 26.0 Å². The van der Waals surface area contributed by atoms with Crippen molar-refractivity contribution >= 4 is 17.7 Å². The van der Waals surface area contributed by atoms with Crippen LogP contribution < -0.4 is 11.1 Å². The third kappa shape index (κ3) is 9.86. The lowest BCUT2D eigenvalue weighted by molar-refractivity contribution is -0.146. The molecule has 0 aromatic heterocycles. The zero-order chi connectivity index (χ0) is 34.0. The minimum Gasteiger partial charge on any atom is -0.396 e. The predicted molar refractivity (Wildman–Crippen MR) is 187 cm³/mol. The lowest BCUT2D eigenvalue weighted by atomic mass is 9.75. The summed E-state index contributed by atoms with van der Waals surface area (Å²) >= 11 is 0. The van der Waals surface area contributed by atoms with E-state index in [0.29, 0.717) is 12.8 Å². The number of nitrogens with one attached hydrogen (secondary N) is 1. The van der Waals surface area contributed by atoms with E-state index in [4.69, 9.17) is 5.73 Å². The summed E-state index contributed by atoms with van der Waals surface area (Å²) in [6.07, 6.45) is 7.47. The topological polar surface area (TPSA) is 116 Å². The summed E-state index contributed by atoms with van der Waals surface area (Å²) < 4.78 is 0. The van der Waals surface area contributed by atoms with Crippen molar-refractivity contribution in [1.82, 2.24) is 15.1 Å². The molecule has 0 unspecified atom stereocenters. The van der Waals surface area contributed by atoms with Crippen molar-refractivity contribution < 1.29 is 19.5 Å². The summed E-state index contributed by atoms with van der Waals surface area (Å²) in [5.41, 5.74) is 9.53. The Labute approximate surface area is 279 Å². The molecule has 4 N–H and O–H groups in total. The quantitative estimate of drug-likeness (QED) is 0.208. The van der Waals surface area contributed by atoms with E-state index in [1.54, 1.807) is 14.1 Å². The van der Waals surface area contributed by atoms with Crippen LogP contribution >= 0.6 is 0 Å². The Balaban J connectivity index is 1.60. The maximum Gasteiger partial charge on any atom is 0.246 e. The Kier molecular flexibility index (Phi) is 12.1. The van der Waals surface area contributed by atoms with Crippen molar-refractivity contribution in [3.63, 3.8) is 0 Å². The van der Waals surface area contributed by atoms with Crippen molar-refractivity contribution in [3.05, 3.63) is 108 Å². The van der Waals surface area contributed by atoms with E-state index in [1.165, 1.54) is 15.9 Å². The van der Waals surface area contributed by atoms with E-state index in [1.807, 2.05) is 105 Å². The van der Waals surface area contributed by atoms with Crippen molar-refractivity contribution in [2.75, 3.05) is 27.2 Å². The number of rotatable bonds is 15. The van der Waals surface area contributed by atoms with Gasteiger partial charge in [0.15, 0.2) is 0 Å². The fraction of sp³-hybridized carbons (Fsp3) is 0.410. The monoisotopic (exact) mass is 638 g/mol. The number of carbonyl (C=O) groups excluding carboxylic acids is 3. The Morgan fingerprint density at radius 1 is 0.851 bits per heavy atom. The van der Waals surface area contributed by atoms with Crippen LogP contribution in [-0.2, 0) is 27.2 Å². The van der Waals surface area contributed by atoms with Gasteiger partial charge in [0, 0.05) is 51.0 Å². The van der Waals surface area contributed by atoms with E-state index < -0.39 is 17.5 Å². The number of hydrogen-bond donors (Lipinski definition) is 3. The zero-order valence-corrected chi connectivity index (χ0v) is 28.2. The first-order valence-corrected chi connectivity index (χ1v) is 16.5. The van der Waals surface area contributed by atoms with E-state index in [-0.39, 0.29) is 42.8 Å². The standard InChI is InChI=1S/C39H50N4O4/c1-38(2,28-44)27-41-36(46)33(25-29-13-7-5-8-14-29)43(4)37(47)34(42(3)35(45)17-11-22-39(40)23-12-24-39)26-30-18-20-32(21-19-30)31-15-9-6-10-16-31/h5-11,13-21,33-34,44H,12,22-28,40H2,1-4H3,(H,41,46)/t33-,34-/m1/s1. The van der Waals surface area contributed by atoms with Gasteiger partial charge in [-0.25, -0.2) is 0 Å². The molecule has 0 saturated heterocycles. The van der Waals surface area contributed by atoms with Crippen LogP contribution in [0.25, 0.3) is 11.1 Å². The summed E-state index contributed by atoms with van der Waals surface area (Å²) in [7, 11) is 3.26. The molecule has 0 radical (unpaired) electrons. The Bertz CT molecular complexity index is 1500. The number of hydrogen-bond acceptors (Lipinski definition) is 5. The molecule has 0 heterocycles. The first kappa shape index (κ1) is 35.6. The maximum absolute atomic E-state index is 14.4. The zero-order valence-electron chi connectivity index (χ0n) is 28.2. The smallest absolute Gasteiger partial charge is 0.246 e. The van der Waals surface area contributed by atoms with Crippen LogP contribution in [0, 0.1) is 5.41 Å². The van der Waals surface area contributed by atoms with E-state index in [2.05, 4.69) is 5.32 Å². The van der Waals surface area contributed by atoms with Crippen molar-refractivity contribution in [2.24, 2.45) is 11.1 Å². The molecule has 0 bridgehead atoms. The molecule has 3 aromatic rings. The molecule has 1 aliphatic carbocycles. The number of nitrogens with two attached hydrogens (primary N) is 1. The highest BCUT2D eigenvalue weighted by Gasteiger charge is 2.36. The molecule has 8 nitrogen and oxygen atoms in total. The number of likely N-dealkylation sites (N-methyl/N-ethyl adjacent to an activating group) is 2. The molecule has 0 aliphatic heterocycles. The van der Waals surface area contributed by atoms with Gasteiger partial charge >= 0.3 is 0 Å². The molecular formula is C39H50N4O4. The fourth-order valence-corrected chi connectivity index (χ4v) is 5.71. The number of aliphatic hydroxyl groups excluding tert-OH is 1. The summed E-state index contributed by atoms with van der Waals surface area (Å²) in [5.74, 6) is -0.956. The summed E-state index contributed by atoms with van der Waals surface area (Å²) in [5, 5.41) is 12.7. The number of nitrogens with zero attached hydrogens (tertiary/aromatic N) is 2. The molecule has 0 spiro atoms. The minimum absolute atomic E-state index is 0.0950. The van der Waals surface area contributed by atoms with Gasteiger partial charge in [0.25, 0.3) is 0 Å². The maximum atomic E-state index is 14.4. The Morgan fingerprint density at radius 2 is 1.40 bits per heavy atom. The fourth-order valence-electron chi connectivity index (χ4n) is 5.71. The van der Waals surface area contributed by atoms with Gasteiger partial charge in [-0.05, 0) is 54.0 Å². The molecule has 1 saturated carbocycles. The molecule has 1 fully saturated rings. The molecule has 3 amide bonds. The molecule has 4 rings (SSSR count). The van der Waals surface area contributed by atoms with Crippen molar-refractivity contribution in [3.8, 4) is 11.1 Å². The third-order valence-electron chi connectivity index (χ3n) is 9.28. The van der Waals surface area contributed by atoms with E-state index in [0.717, 1.165) is 41.5 Å². The minimum atomic E-state index is -0.866. The van der Waals surface area contributed by atoms with Gasteiger partial charge in [-0.2, -0.15) is 0 Å². The van der Waals surface area contributed by atoms with Crippen molar-refractivity contribution in [2.45, 2.75) is 70.0 Å². The average molecular weight is 639 g/mol. The molecule has 1 aliphatic rings. The van der Waals surface area contributed by atoms with Crippen LogP contribution in [-0.4, -0.2) is 77.5 Å². The first-order valence-electron chi connectivity index (χ1n) is 16.5. The van der Waals surface area contributed by atoms with E-state index in [9.17, 15) is 19.5 Å². The highest BCUT2D eigenvalue weighted by Crippen LogP contribution is 2.32. The lowest BCUT2D eigenvalue weighted by Gasteiger charge is -2.37. The summed E-state index contributed by atoms with van der Waals surface area (Å²) in [6, 6.07) is 25.9. The average Bonchev–Trinajstić information content (AvgIpc) is 3.08. The van der Waals surface area contributed by atoms with Gasteiger partial charge in [-0.1, -0.05) is 105 Å². The van der Waals surface area contributed by atoms with Crippen LogP contribution in [0.15, 0.2) is 97.1 Å². The number of carbonyl (C=O) groups is 3. The van der Waals surface area contributed by atoms with Crippen LogP contribution in [0.3, 0.4) is 0 Å². The highest BCUT2D eigenvalue weighted by molar-refractivity contribution is 5.95. The van der Waals surface area contributed by atoms with Gasteiger partial charge in [-0.3, -0.25) is 14.4 Å². The largest absolute Gasteiger partial charge is 0.396 e. The number of benzene rings is 3.